The zero-order valence-corrected chi connectivity index (χ0v) is 14.1. The van der Waals surface area contributed by atoms with Crippen LogP contribution in [0.3, 0.4) is 0 Å². The quantitative estimate of drug-likeness (QED) is 0.358. The van der Waals surface area contributed by atoms with E-state index in [1.807, 2.05) is 0 Å². The Morgan fingerprint density at radius 2 is 1.71 bits per heavy atom. The third kappa shape index (κ3) is 3.18. The zero-order chi connectivity index (χ0) is 17.7. The van der Waals surface area contributed by atoms with E-state index in [1.165, 1.54) is 20.3 Å². The first kappa shape index (κ1) is 17.7. The molecule has 0 bridgehead atoms. The molecule has 0 radical (unpaired) electrons. The fourth-order valence-electron chi connectivity index (χ4n) is 2.77. The molecule has 6 nitrogen and oxygen atoms in total. The van der Waals surface area contributed by atoms with Crippen LogP contribution in [0.1, 0.15) is 53.3 Å². The Bertz CT molecular complexity index is 718. The van der Waals surface area contributed by atoms with Gasteiger partial charge in [0.25, 0.3) is 0 Å². The van der Waals surface area contributed by atoms with Gasteiger partial charge in [-0.15, -0.1) is 0 Å². The number of hydrogen-bond donors (Lipinski definition) is 1. The summed E-state index contributed by atoms with van der Waals surface area (Å²) in [5, 5.41) is 12.5. The Hall–Kier alpha value is -2.63. The molecule has 0 saturated carbocycles. The second-order valence-electron chi connectivity index (χ2n) is 5.48. The van der Waals surface area contributed by atoms with Gasteiger partial charge < -0.3 is 14.7 Å². The molecule has 1 N–H and O–H groups in total. The maximum atomic E-state index is 12.9. The first-order chi connectivity index (χ1) is 11.6. The van der Waals surface area contributed by atoms with Crippen molar-refractivity contribution in [3.8, 4) is 11.5 Å². The van der Waals surface area contributed by atoms with Crippen LogP contribution in [0.15, 0.2) is 28.9 Å². The van der Waals surface area contributed by atoms with Crippen molar-refractivity contribution in [3.63, 3.8) is 0 Å². The summed E-state index contributed by atoms with van der Waals surface area (Å²) in [6.45, 7) is 2.05. The van der Waals surface area contributed by atoms with E-state index in [0.717, 1.165) is 19.3 Å². The summed E-state index contributed by atoms with van der Waals surface area (Å²) in [5.74, 6) is -0.162. The van der Waals surface area contributed by atoms with Gasteiger partial charge in [-0.05, 0) is 31.1 Å². The van der Waals surface area contributed by atoms with E-state index in [2.05, 4.69) is 12.1 Å². The second kappa shape index (κ2) is 7.77. The molecule has 0 unspecified atom stereocenters. The smallest absolute Gasteiger partial charge is 0.199 e. The van der Waals surface area contributed by atoms with Crippen molar-refractivity contribution >= 4 is 17.3 Å². The van der Waals surface area contributed by atoms with Gasteiger partial charge in [0.1, 0.15) is 11.5 Å². The molecule has 0 spiro atoms. The highest BCUT2D eigenvalue weighted by Gasteiger charge is 2.33. The first-order valence-electron chi connectivity index (χ1n) is 7.86. The van der Waals surface area contributed by atoms with Crippen molar-refractivity contribution in [2.45, 2.75) is 32.6 Å². The molecule has 1 aliphatic rings. The number of hydrogen-bond acceptors (Lipinski definition) is 6. The molecule has 6 heteroatoms. The van der Waals surface area contributed by atoms with Crippen molar-refractivity contribution < 1.29 is 24.3 Å². The highest BCUT2D eigenvalue weighted by Crippen LogP contribution is 2.36. The minimum absolute atomic E-state index is 0.109. The van der Waals surface area contributed by atoms with E-state index in [4.69, 9.17) is 9.47 Å². The molecule has 2 rings (SSSR count). The van der Waals surface area contributed by atoms with Crippen LogP contribution in [-0.4, -0.2) is 36.7 Å². The number of Topliss-reactive ketones (excluding diaryl/α,β-unsaturated/α-hetero) is 1. The van der Waals surface area contributed by atoms with Gasteiger partial charge in [-0.2, -0.15) is 0 Å². The van der Waals surface area contributed by atoms with Crippen molar-refractivity contribution in [2.75, 3.05) is 14.2 Å². The van der Waals surface area contributed by atoms with Gasteiger partial charge in [0.2, 0.25) is 0 Å². The van der Waals surface area contributed by atoms with Gasteiger partial charge in [0, 0.05) is 0 Å². The number of ether oxygens (including phenoxy) is 2. The van der Waals surface area contributed by atoms with Gasteiger partial charge in [-0.3, -0.25) is 9.59 Å². The van der Waals surface area contributed by atoms with E-state index in [9.17, 15) is 14.8 Å². The summed E-state index contributed by atoms with van der Waals surface area (Å²) in [6, 6.07) is 3.17. The third-order valence-corrected chi connectivity index (χ3v) is 4.01. The van der Waals surface area contributed by atoms with Crippen molar-refractivity contribution in [3.05, 3.63) is 34.9 Å². The van der Waals surface area contributed by atoms with Gasteiger partial charge in [-0.1, -0.05) is 24.9 Å². The number of carbonyl (C=O) groups excluding carboxylic acids is 2. The number of rotatable bonds is 7. The van der Waals surface area contributed by atoms with Crippen LogP contribution < -0.4 is 9.47 Å². The number of benzene rings is 1. The fourth-order valence-corrected chi connectivity index (χ4v) is 2.77. The lowest BCUT2D eigenvalue weighted by atomic mass is 9.85. The number of allylic oxidation sites excluding steroid dienone is 2. The molecular weight excluding hydrogens is 310 g/mol. The summed E-state index contributed by atoms with van der Waals surface area (Å²) in [6.07, 6.45) is 4.36. The van der Waals surface area contributed by atoms with E-state index >= 15 is 0 Å². The van der Waals surface area contributed by atoms with E-state index in [1.54, 1.807) is 12.1 Å². The molecule has 0 saturated heterocycles. The molecule has 1 aliphatic carbocycles. The number of ketones is 2. The van der Waals surface area contributed by atoms with Gasteiger partial charge >= 0.3 is 0 Å². The maximum Gasteiger partial charge on any atom is 0.199 e. The highest BCUT2D eigenvalue weighted by atomic mass is 16.5. The Morgan fingerprint density at radius 3 is 2.25 bits per heavy atom. The Morgan fingerprint density at radius 1 is 1.08 bits per heavy atom. The van der Waals surface area contributed by atoms with Crippen molar-refractivity contribution in [1.82, 2.24) is 0 Å². The number of nitrogens with zero attached hydrogens (tertiary/aromatic N) is 1. The summed E-state index contributed by atoms with van der Waals surface area (Å²) in [5.41, 5.74) is 0.655. The van der Waals surface area contributed by atoms with E-state index in [0.29, 0.717) is 17.9 Å². The van der Waals surface area contributed by atoms with Crippen LogP contribution in [0.2, 0.25) is 0 Å². The molecule has 0 aliphatic heterocycles. The number of fused-ring (bicyclic) bond motifs is 1. The van der Waals surface area contributed by atoms with Gasteiger partial charge in [0.15, 0.2) is 11.6 Å². The summed E-state index contributed by atoms with van der Waals surface area (Å²) in [4.78, 5) is 25.4. The van der Waals surface area contributed by atoms with Crippen LogP contribution >= 0.6 is 0 Å². The molecule has 0 atom stereocenters. The van der Waals surface area contributed by atoms with Crippen LogP contribution in [0.4, 0.5) is 0 Å². The van der Waals surface area contributed by atoms with Crippen LogP contribution in [-0.2, 0) is 0 Å². The molecule has 0 heterocycles. The Labute approximate surface area is 140 Å². The predicted molar refractivity (Wildman–Crippen MR) is 89.7 cm³/mol. The van der Waals surface area contributed by atoms with Crippen LogP contribution in [0.5, 0.6) is 11.5 Å². The lowest BCUT2D eigenvalue weighted by Crippen LogP contribution is -2.23. The Balaban J connectivity index is 2.49. The Kier molecular flexibility index (Phi) is 5.73. The SMILES string of the molecule is CCCCC/C(=N/O)C1=CC(=O)c2c(OC)ccc(OC)c2C1=O. The average molecular weight is 331 g/mol. The number of oxime groups is 1. The van der Waals surface area contributed by atoms with Crippen LogP contribution in [0.25, 0.3) is 0 Å². The number of methoxy groups -OCH3 is 2. The predicted octanol–water partition coefficient (Wildman–Crippen LogP) is 3.42. The first-order valence-corrected chi connectivity index (χ1v) is 7.86. The van der Waals surface area contributed by atoms with Crippen LogP contribution in [0, 0.1) is 0 Å². The lowest BCUT2D eigenvalue weighted by Gasteiger charge is -2.20. The molecular formula is C18H21NO5. The third-order valence-electron chi connectivity index (χ3n) is 4.01. The molecule has 0 fully saturated rings. The summed E-state index contributed by atoms with van der Waals surface area (Å²) >= 11 is 0. The molecule has 128 valence electrons. The molecule has 1 aromatic rings. The second-order valence-corrected chi connectivity index (χ2v) is 5.48. The van der Waals surface area contributed by atoms with E-state index < -0.39 is 5.78 Å². The van der Waals surface area contributed by atoms with Crippen molar-refractivity contribution in [1.29, 1.82) is 0 Å². The maximum absolute atomic E-state index is 12.9. The zero-order valence-electron chi connectivity index (χ0n) is 14.1. The van der Waals surface area contributed by atoms with Crippen molar-refractivity contribution in [2.24, 2.45) is 5.16 Å². The molecule has 1 aromatic carbocycles. The van der Waals surface area contributed by atoms with Gasteiger partial charge in [-0.25, -0.2) is 0 Å². The topological polar surface area (TPSA) is 85.2 Å². The lowest BCUT2D eigenvalue weighted by molar-refractivity contribution is 0.0983. The largest absolute Gasteiger partial charge is 0.496 e. The molecule has 0 amide bonds. The minimum atomic E-state index is -0.398. The fraction of sp³-hybridized carbons (Fsp3) is 0.389. The summed E-state index contributed by atoms with van der Waals surface area (Å²) in [7, 11) is 2.87. The highest BCUT2D eigenvalue weighted by molar-refractivity contribution is 6.37. The standard InChI is InChI=1S/C18H21NO5/c1-4-5-6-7-12(19-22)11-10-13(20)16-14(23-2)8-9-15(24-3)17(16)18(11)21/h8-10,22H,4-7H2,1-3H3/b19-12-. The normalized spacial score (nSPS) is 14.3. The minimum Gasteiger partial charge on any atom is -0.496 e. The average Bonchev–Trinajstić information content (AvgIpc) is 2.61. The summed E-state index contributed by atoms with van der Waals surface area (Å²) < 4.78 is 10.4. The number of carbonyl (C=O) groups is 2. The van der Waals surface area contributed by atoms with E-state index in [-0.39, 0.29) is 28.2 Å². The number of unbranched alkanes of at least 4 members (excludes halogenated alkanes) is 2. The molecule has 0 aromatic heterocycles. The molecule has 24 heavy (non-hydrogen) atoms. The monoisotopic (exact) mass is 331 g/mol. The van der Waals surface area contributed by atoms with Gasteiger partial charge in [0.05, 0.1) is 36.6 Å².